The van der Waals surface area contributed by atoms with Crippen LogP contribution in [0.3, 0.4) is 0 Å². The average molecular weight is 405 g/mol. The van der Waals surface area contributed by atoms with Crippen LogP contribution >= 0.6 is 0 Å². The molecule has 1 saturated heterocycles. The predicted octanol–water partition coefficient (Wildman–Crippen LogP) is 3.78. The van der Waals surface area contributed by atoms with Crippen LogP contribution in [-0.2, 0) is 17.8 Å². The summed E-state index contributed by atoms with van der Waals surface area (Å²) < 4.78 is 4.46. The van der Waals surface area contributed by atoms with E-state index in [1.807, 2.05) is 24.8 Å². The highest BCUT2D eigenvalue weighted by atomic mass is 16.2. The molecule has 7 heteroatoms. The van der Waals surface area contributed by atoms with Crippen LogP contribution in [0.1, 0.15) is 38.6 Å². The Kier molecular flexibility index (Phi) is 4.81. The third-order valence-electron chi connectivity index (χ3n) is 6.57. The number of piperidine rings is 1. The number of aromatic nitrogens is 5. The van der Waals surface area contributed by atoms with Gasteiger partial charge in [0.15, 0.2) is 0 Å². The molecular formula is C23H28N6O. The molecule has 5 rings (SSSR count). The van der Waals surface area contributed by atoms with Crippen LogP contribution < -0.4 is 0 Å². The quantitative estimate of drug-likeness (QED) is 0.550. The standard InChI is InChI=1S/C23H28N6O/c1-3-20-24-9-13-27(20)11-7-21(30)28-10-5-16(2)19(15-28)29-12-6-17-14-26-23-18(22(17)29)4-8-25-23/h4,6,8-9,12-14,16,19H,3,5,7,10-11,15H2,1-2H3,(H,25,26)/t16-,19+/m1/s1. The van der Waals surface area contributed by atoms with Crippen LogP contribution in [0.4, 0.5) is 0 Å². The Morgan fingerprint density at radius 3 is 3.03 bits per heavy atom. The van der Waals surface area contributed by atoms with E-state index in [0.29, 0.717) is 18.9 Å². The van der Waals surface area contributed by atoms with Crippen molar-refractivity contribution in [2.45, 2.75) is 45.7 Å². The van der Waals surface area contributed by atoms with Crippen molar-refractivity contribution >= 4 is 27.8 Å². The van der Waals surface area contributed by atoms with Crippen molar-refractivity contribution in [1.82, 2.24) is 29.0 Å². The summed E-state index contributed by atoms with van der Waals surface area (Å²) in [6, 6.07) is 4.49. The molecule has 30 heavy (non-hydrogen) atoms. The fourth-order valence-electron chi connectivity index (χ4n) is 4.80. The van der Waals surface area contributed by atoms with Crippen molar-refractivity contribution in [3.63, 3.8) is 0 Å². The molecule has 0 aliphatic carbocycles. The van der Waals surface area contributed by atoms with Gasteiger partial charge in [-0.3, -0.25) is 4.79 Å². The lowest BCUT2D eigenvalue weighted by atomic mass is 9.92. The van der Waals surface area contributed by atoms with Gasteiger partial charge in [0.2, 0.25) is 5.91 Å². The van der Waals surface area contributed by atoms with Gasteiger partial charge in [0, 0.05) is 74.2 Å². The van der Waals surface area contributed by atoms with E-state index in [1.165, 1.54) is 5.52 Å². The smallest absolute Gasteiger partial charge is 0.224 e. The van der Waals surface area contributed by atoms with Gasteiger partial charge in [0.25, 0.3) is 0 Å². The van der Waals surface area contributed by atoms with E-state index in [4.69, 9.17) is 0 Å². The number of likely N-dealkylation sites (tertiary alicyclic amines) is 1. The van der Waals surface area contributed by atoms with E-state index in [-0.39, 0.29) is 11.9 Å². The molecule has 4 aromatic rings. The summed E-state index contributed by atoms with van der Waals surface area (Å²) in [6.07, 6.45) is 12.2. The van der Waals surface area contributed by atoms with Crippen LogP contribution in [-0.4, -0.2) is 48.0 Å². The second kappa shape index (κ2) is 7.63. The third kappa shape index (κ3) is 3.18. The maximum atomic E-state index is 13.0. The number of carbonyl (C=O) groups excluding carboxylic acids is 1. The van der Waals surface area contributed by atoms with Gasteiger partial charge >= 0.3 is 0 Å². The molecule has 1 amide bonds. The van der Waals surface area contributed by atoms with E-state index < -0.39 is 0 Å². The van der Waals surface area contributed by atoms with Crippen LogP contribution in [0, 0.1) is 5.92 Å². The molecule has 156 valence electrons. The zero-order valence-electron chi connectivity index (χ0n) is 17.6. The molecule has 7 nitrogen and oxygen atoms in total. The fourth-order valence-corrected chi connectivity index (χ4v) is 4.80. The lowest BCUT2D eigenvalue weighted by molar-refractivity contribution is -0.133. The van der Waals surface area contributed by atoms with Crippen molar-refractivity contribution in [1.29, 1.82) is 0 Å². The number of nitrogens with one attached hydrogen (secondary N) is 1. The van der Waals surface area contributed by atoms with E-state index in [9.17, 15) is 4.79 Å². The predicted molar refractivity (Wildman–Crippen MR) is 117 cm³/mol. The first kappa shape index (κ1) is 18.9. The topological polar surface area (TPSA) is 71.7 Å². The molecule has 2 atom stereocenters. The first-order valence-corrected chi connectivity index (χ1v) is 10.9. The Morgan fingerprint density at radius 2 is 2.17 bits per heavy atom. The lowest BCUT2D eigenvalue weighted by Crippen LogP contribution is -2.44. The summed E-state index contributed by atoms with van der Waals surface area (Å²) in [6.45, 7) is 6.67. The molecule has 1 aliphatic rings. The zero-order valence-corrected chi connectivity index (χ0v) is 17.6. The molecule has 5 heterocycles. The molecule has 0 saturated carbocycles. The number of H-pyrrole nitrogens is 1. The molecule has 0 aromatic carbocycles. The second-order valence-corrected chi connectivity index (χ2v) is 8.34. The fraction of sp³-hybridized carbons (Fsp3) is 0.435. The Bertz CT molecular complexity index is 1180. The highest BCUT2D eigenvalue weighted by Crippen LogP contribution is 2.34. The Hall–Kier alpha value is -3.09. The molecular weight excluding hydrogens is 376 g/mol. The van der Waals surface area contributed by atoms with Gasteiger partial charge in [-0.15, -0.1) is 0 Å². The van der Waals surface area contributed by atoms with Gasteiger partial charge < -0.3 is 19.0 Å². The van der Waals surface area contributed by atoms with Gasteiger partial charge in [-0.1, -0.05) is 13.8 Å². The van der Waals surface area contributed by atoms with Crippen LogP contribution in [0.5, 0.6) is 0 Å². The van der Waals surface area contributed by atoms with Gasteiger partial charge in [-0.2, -0.15) is 0 Å². The highest BCUT2D eigenvalue weighted by Gasteiger charge is 2.30. The van der Waals surface area contributed by atoms with Crippen molar-refractivity contribution in [2.75, 3.05) is 13.1 Å². The summed E-state index contributed by atoms with van der Waals surface area (Å²) in [7, 11) is 0. The number of hydrogen-bond donors (Lipinski definition) is 1. The summed E-state index contributed by atoms with van der Waals surface area (Å²) >= 11 is 0. The molecule has 0 bridgehead atoms. The number of fused-ring (bicyclic) bond motifs is 3. The lowest BCUT2D eigenvalue weighted by Gasteiger charge is -2.38. The van der Waals surface area contributed by atoms with E-state index in [2.05, 4.69) is 61.2 Å². The first-order valence-electron chi connectivity index (χ1n) is 10.9. The number of pyridine rings is 1. The largest absolute Gasteiger partial charge is 0.346 e. The molecule has 0 unspecified atom stereocenters. The minimum absolute atomic E-state index is 0.229. The minimum atomic E-state index is 0.229. The van der Waals surface area contributed by atoms with E-state index >= 15 is 0 Å². The summed E-state index contributed by atoms with van der Waals surface area (Å²) in [4.78, 5) is 27.1. The molecule has 0 spiro atoms. The number of carbonyl (C=O) groups is 1. The molecule has 0 radical (unpaired) electrons. The number of nitrogens with zero attached hydrogens (tertiary/aromatic N) is 5. The summed E-state index contributed by atoms with van der Waals surface area (Å²) in [5.74, 6) is 1.77. The van der Waals surface area contributed by atoms with E-state index in [0.717, 1.165) is 48.2 Å². The van der Waals surface area contributed by atoms with Gasteiger partial charge in [0.05, 0.1) is 11.6 Å². The molecule has 1 aliphatic heterocycles. The Labute approximate surface area is 175 Å². The second-order valence-electron chi connectivity index (χ2n) is 8.34. The van der Waals surface area contributed by atoms with Crippen molar-refractivity contribution in [3.05, 3.63) is 48.9 Å². The number of imidazole rings is 1. The van der Waals surface area contributed by atoms with Gasteiger partial charge in [0.1, 0.15) is 11.5 Å². The minimum Gasteiger partial charge on any atom is -0.346 e. The van der Waals surface area contributed by atoms with Crippen LogP contribution in [0.15, 0.2) is 43.1 Å². The number of hydrogen-bond acceptors (Lipinski definition) is 3. The average Bonchev–Trinajstić information content (AvgIpc) is 3.50. The maximum Gasteiger partial charge on any atom is 0.224 e. The number of rotatable bonds is 5. The molecule has 1 N–H and O–H groups in total. The van der Waals surface area contributed by atoms with Crippen LogP contribution in [0.2, 0.25) is 0 Å². The van der Waals surface area contributed by atoms with Gasteiger partial charge in [-0.05, 0) is 24.5 Å². The first-order chi connectivity index (χ1) is 14.7. The number of aromatic amines is 1. The Balaban J connectivity index is 1.37. The summed E-state index contributed by atoms with van der Waals surface area (Å²) in [5.41, 5.74) is 2.12. The summed E-state index contributed by atoms with van der Waals surface area (Å²) in [5, 5.41) is 2.28. The third-order valence-corrected chi connectivity index (χ3v) is 6.57. The molecule has 4 aromatic heterocycles. The normalized spacial score (nSPS) is 19.7. The van der Waals surface area contributed by atoms with Crippen molar-refractivity contribution < 1.29 is 4.79 Å². The maximum absolute atomic E-state index is 13.0. The molecule has 1 fully saturated rings. The highest BCUT2D eigenvalue weighted by molar-refractivity contribution is 6.02. The van der Waals surface area contributed by atoms with Crippen LogP contribution in [0.25, 0.3) is 21.9 Å². The monoisotopic (exact) mass is 404 g/mol. The SMILES string of the molecule is CCc1nccn1CCC(=O)N1CC[C@@H](C)[C@@H](n2ccc3cnc4[nH]ccc4c32)C1. The van der Waals surface area contributed by atoms with Crippen molar-refractivity contribution in [2.24, 2.45) is 5.92 Å². The van der Waals surface area contributed by atoms with Gasteiger partial charge in [-0.25, -0.2) is 9.97 Å². The Morgan fingerprint density at radius 1 is 1.27 bits per heavy atom. The number of amides is 1. The number of aryl methyl sites for hydroxylation is 2. The van der Waals surface area contributed by atoms with E-state index in [1.54, 1.807) is 0 Å². The van der Waals surface area contributed by atoms with Crippen molar-refractivity contribution in [3.8, 4) is 0 Å². The zero-order chi connectivity index (χ0) is 20.7.